The molecular weight excluding hydrogens is 376 g/mol. The van der Waals surface area contributed by atoms with E-state index in [-0.39, 0.29) is 0 Å². The van der Waals surface area contributed by atoms with Crippen LogP contribution < -0.4 is 14.5 Å². The summed E-state index contributed by atoms with van der Waals surface area (Å²) < 4.78 is 5.64. The molecule has 0 bridgehead atoms. The maximum atomic E-state index is 8.95. The van der Waals surface area contributed by atoms with Crippen LogP contribution in [0.3, 0.4) is 0 Å². The summed E-state index contributed by atoms with van der Waals surface area (Å²) >= 11 is 0. The molecule has 1 aliphatic heterocycles. The number of aryl methyl sites for hydroxylation is 1. The molecule has 0 spiro atoms. The number of aromatic nitrogens is 3. The predicted molar refractivity (Wildman–Crippen MR) is 116 cm³/mol. The first-order valence-electron chi connectivity index (χ1n) is 10.0. The summed E-state index contributed by atoms with van der Waals surface area (Å²) in [7, 11) is 1.69. The van der Waals surface area contributed by atoms with Gasteiger partial charge in [-0.1, -0.05) is 17.7 Å². The van der Waals surface area contributed by atoms with Gasteiger partial charge in [0, 0.05) is 37.1 Å². The normalized spacial score (nSPS) is 14.2. The number of methoxy groups -OCH3 is 1. The molecule has 0 atom stereocenters. The van der Waals surface area contributed by atoms with Crippen molar-refractivity contribution in [1.82, 2.24) is 15.0 Å². The third-order valence-electron chi connectivity index (χ3n) is 5.43. The van der Waals surface area contributed by atoms with Crippen LogP contribution in [-0.4, -0.2) is 41.2 Å². The van der Waals surface area contributed by atoms with Crippen molar-refractivity contribution < 1.29 is 4.74 Å². The molecule has 0 saturated carbocycles. The van der Waals surface area contributed by atoms with E-state index in [9.17, 15) is 0 Å². The number of pyridine rings is 1. The third kappa shape index (κ3) is 4.03. The summed E-state index contributed by atoms with van der Waals surface area (Å²) in [6.07, 6.45) is 8.65. The minimum atomic E-state index is 0.292. The Hall–Kier alpha value is -3.66. The van der Waals surface area contributed by atoms with Crippen LogP contribution >= 0.6 is 0 Å². The lowest BCUT2D eigenvalue weighted by atomic mass is 10.0. The van der Waals surface area contributed by atoms with E-state index in [1.807, 2.05) is 12.3 Å². The first kappa shape index (κ1) is 19.6. The van der Waals surface area contributed by atoms with E-state index in [1.165, 1.54) is 5.56 Å². The van der Waals surface area contributed by atoms with E-state index >= 15 is 0 Å². The van der Waals surface area contributed by atoms with Gasteiger partial charge in [-0.3, -0.25) is 4.98 Å². The Labute approximate surface area is 176 Å². The van der Waals surface area contributed by atoms with Gasteiger partial charge in [0.15, 0.2) is 0 Å². The van der Waals surface area contributed by atoms with Gasteiger partial charge in [-0.2, -0.15) is 5.26 Å². The summed E-state index contributed by atoms with van der Waals surface area (Å²) in [6, 6.07) is 12.8. The molecule has 0 unspecified atom stereocenters. The SMILES string of the molecule is COc1ccncc1N(c1ccc(C)cc1)C1CCN(c2ncc(C#N)cn2)CC1. The molecule has 4 rings (SSSR count). The second kappa shape index (κ2) is 8.78. The third-order valence-corrected chi connectivity index (χ3v) is 5.43. The fraction of sp³-hybridized carbons (Fsp3) is 0.304. The zero-order valence-electron chi connectivity index (χ0n) is 17.2. The van der Waals surface area contributed by atoms with Crippen LogP contribution in [0.1, 0.15) is 24.0 Å². The summed E-state index contributed by atoms with van der Waals surface area (Å²) in [5.41, 5.74) is 3.80. The van der Waals surface area contributed by atoms with E-state index < -0.39 is 0 Å². The molecule has 1 saturated heterocycles. The van der Waals surface area contributed by atoms with Gasteiger partial charge in [-0.25, -0.2) is 9.97 Å². The molecule has 1 fully saturated rings. The predicted octanol–water partition coefficient (Wildman–Crippen LogP) is 3.87. The fourth-order valence-corrected chi connectivity index (χ4v) is 3.85. The smallest absolute Gasteiger partial charge is 0.225 e. The van der Waals surface area contributed by atoms with Crippen LogP contribution in [0, 0.1) is 18.3 Å². The van der Waals surface area contributed by atoms with Crippen molar-refractivity contribution in [2.45, 2.75) is 25.8 Å². The average Bonchev–Trinajstić information content (AvgIpc) is 2.81. The lowest BCUT2D eigenvalue weighted by Crippen LogP contribution is -2.44. The fourth-order valence-electron chi connectivity index (χ4n) is 3.85. The number of rotatable bonds is 5. The minimum absolute atomic E-state index is 0.292. The molecule has 7 heteroatoms. The zero-order chi connectivity index (χ0) is 20.9. The molecule has 0 aliphatic carbocycles. The standard InChI is InChI=1S/C23H24N6O/c1-17-3-5-19(6-4-17)29(21-16-25-10-7-22(21)30-2)20-8-11-28(12-9-20)23-26-14-18(13-24)15-27-23/h3-7,10,14-16,20H,8-9,11-12H2,1-2H3. The summed E-state index contributed by atoms with van der Waals surface area (Å²) in [6.45, 7) is 3.76. The van der Waals surface area contributed by atoms with Gasteiger partial charge < -0.3 is 14.5 Å². The second-order valence-electron chi connectivity index (χ2n) is 7.35. The van der Waals surface area contributed by atoms with Crippen molar-refractivity contribution in [3.8, 4) is 11.8 Å². The zero-order valence-corrected chi connectivity index (χ0v) is 17.2. The highest BCUT2D eigenvalue weighted by Crippen LogP contribution is 2.37. The average molecular weight is 400 g/mol. The molecule has 1 aliphatic rings. The topological polar surface area (TPSA) is 78.2 Å². The highest BCUT2D eigenvalue weighted by molar-refractivity contribution is 5.69. The molecule has 3 aromatic rings. The number of nitrogens with zero attached hydrogens (tertiary/aromatic N) is 6. The first-order valence-corrected chi connectivity index (χ1v) is 10.0. The van der Waals surface area contributed by atoms with Crippen molar-refractivity contribution in [3.63, 3.8) is 0 Å². The van der Waals surface area contributed by atoms with Gasteiger partial charge in [0.2, 0.25) is 5.95 Å². The van der Waals surface area contributed by atoms with Gasteiger partial charge in [-0.15, -0.1) is 0 Å². The summed E-state index contributed by atoms with van der Waals surface area (Å²) in [5, 5.41) is 8.95. The van der Waals surface area contributed by atoms with Crippen molar-refractivity contribution in [2.75, 3.05) is 30.0 Å². The molecule has 0 N–H and O–H groups in total. The molecule has 2 aromatic heterocycles. The highest BCUT2D eigenvalue weighted by Gasteiger charge is 2.28. The first-order chi connectivity index (χ1) is 14.7. The van der Waals surface area contributed by atoms with Crippen LogP contribution in [0.5, 0.6) is 5.75 Å². The molecule has 0 radical (unpaired) electrons. The Morgan fingerprint density at radius 1 is 1.07 bits per heavy atom. The number of nitriles is 1. The van der Waals surface area contributed by atoms with Crippen LogP contribution in [0.4, 0.5) is 17.3 Å². The van der Waals surface area contributed by atoms with Crippen LogP contribution in [-0.2, 0) is 0 Å². The molecular formula is C23H24N6O. The number of anilines is 3. The number of hydrogen-bond acceptors (Lipinski definition) is 7. The Balaban J connectivity index is 1.59. The number of benzene rings is 1. The number of ether oxygens (including phenoxy) is 1. The quantitative estimate of drug-likeness (QED) is 0.643. The van der Waals surface area contributed by atoms with Gasteiger partial charge >= 0.3 is 0 Å². The monoisotopic (exact) mass is 400 g/mol. The lowest BCUT2D eigenvalue weighted by molar-refractivity contribution is 0.410. The molecule has 7 nitrogen and oxygen atoms in total. The van der Waals surface area contributed by atoms with Gasteiger partial charge in [0.05, 0.1) is 31.3 Å². The van der Waals surface area contributed by atoms with Crippen molar-refractivity contribution >= 4 is 17.3 Å². The van der Waals surface area contributed by atoms with Crippen molar-refractivity contribution in [2.24, 2.45) is 0 Å². The largest absolute Gasteiger partial charge is 0.494 e. The maximum absolute atomic E-state index is 8.95. The molecule has 0 amide bonds. The summed E-state index contributed by atoms with van der Waals surface area (Å²) in [4.78, 5) is 17.6. The highest BCUT2D eigenvalue weighted by atomic mass is 16.5. The van der Waals surface area contributed by atoms with Gasteiger partial charge in [0.25, 0.3) is 0 Å². The second-order valence-corrected chi connectivity index (χ2v) is 7.35. The van der Waals surface area contributed by atoms with Crippen molar-refractivity contribution in [1.29, 1.82) is 5.26 Å². The van der Waals surface area contributed by atoms with E-state index in [1.54, 1.807) is 25.7 Å². The van der Waals surface area contributed by atoms with Crippen LogP contribution in [0.2, 0.25) is 0 Å². The Morgan fingerprint density at radius 2 is 1.77 bits per heavy atom. The van der Waals surface area contributed by atoms with E-state index in [4.69, 9.17) is 10.00 Å². The Morgan fingerprint density at radius 3 is 2.40 bits per heavy atom. The molecule has 3 heterocycles. The van der Waals surface area contributed by atoms with E-state index in [0.717, 1.165) is 43.1 Å². The van der Waals surface area contributed by atoms with Gasteiger partial charge in [-0.05, 0) is 31.9 Å². The molecule has 1 aromatic carbocycles. The lowest BCUT2D eigenvalue weighted by Gasteiger charge is -2.40. The van der Waals surface area contributed by atoms with Gasteiger partial charge in [0.1, 0.15) is 17.5 Å². The van der Waals surface area contributed by atoms with Crippen LogP contribution in [0.25, 0.3) is 0 Å². The van der Waals surface area contributed by atoms with Crippen LogP contribution in [0.15, 0.2) is 55.1 Å². The Bertz CT molecular complexity index is 1020. The minimum Gasteiger partial charge on any atom is -0.494 e. The molecule has 30 heavy (non-hydrogen) atoms. The van der Waals surface area contributed by atoms with E-state index in [0.29, 0.717) is 17.6 Å². The number of piperidine rings is 1. The Kier molecular flexibility index (Phi) is 5.75. The van der Waals surface area contributed by atoms with E-state index in [2.05, 4.69) is 62.0 Å². The van der Waals surface area contributed by atoms with Crippen molar-refractivity contribution in [3.05, 3.63) is 66.2 Å². The summed E-state index contributed by atoms with van der Waals surface area (Å²) in [5.74, 6) is 1.48. The number of hydrogen-bond donors (Lipinski definition) is 0. The molecule has 152 valence electrons. The maximum Gasteiger partial charge on any atom is 0.225 e.